The molecule has 0 saturated carbocycles. The Bertz CT molecular complexity index is 1120. The third kappa shape index (κ3) is 5.87. The van der Waals surface area contributed by atoms with Crippen LogP contribution in [0, 0.1) is 10.1 Å². The fourth-order valence-corrected chi connectivity index (χ4v) is 2.57. The molecule has 1 aromatic heterocycles. The summed E-state index contributed by atoms with van der Waals surface area (Å²) in [6.07, 6.45) is 1.05. The molecule has 0 bridgehead atoms. The normalized spacial score (nSPS) is 9.84. The predicted octanol–water partition coefficient (Wildman–Crippen LogP) is 3.35. The smallest absolute Gasteiger partial charge is 0.329 e. The van der Waals surface area contributed by atoms with E-state index in [1.165, 1.54) is 13.0 Å². The molecule has 3 rings (SSSR count). The van der Waals surface area contributed by atoms with E-state index in [4.69, 9.17) is 5.73 Å². The topological polar surface area (TPSA) is 165 Å². The van der Waals surface area contributed by atoms with Crippen LogP contribution < -0.4 is 21.7 Å². The Morgan fingerprint density at radius 1 is 1.03 bits per heavy atom. The Hall–Kier alpha value is -4.25. The van der Waals surface area contributed by atoms with Gasteiger partial charge in [-0.1, -0.05) is 12.1 Å². The molecule has 0 aliphatic carbocycles. The highest BCUT2D eigenvalue weighted by atomic mass is 35.5. The summed E-state index contributed by atoms with van der Waals surface area (Å²) < 4.78 is 0. The number of primary amides is 1. The maximum atomic E-state index is 11.6. The number of nitrogens with two attached hydrogens (primary N) is 1. The quantitative estimate of drug-likeness (QED) is 0.318. The van der Waals surface area contributed by atoms with Crippen LogP contribution in [0.5, 0.6) is 0 Å². The number of hydrogen-bond donors (Lipinski definition) is 4. The van der Waals surface area contributed by atoms with Gasteiger partial charge in [-0.05, 0) is 36.4 Å². The van der Waals surface area contributed by atoms with E-state index >= 15 is 0 Å². The van der Waals surface area contributed by atoms with Crippen molar-refractivity contribution in [2.75, 3.05) is 16.0 Å². The number of hydrogen-bond acceptors (Lipinski definition) is 8. The lowest BCUT2D eigenvalue weighted by atomic mass is 10.1. The fraction of sp³-hybridized carbons (Fsp3) is 0.0526. The predicted molar refractivity (Wildman–Crippen MR) is 118 cm³/mol. The van der Waals surface area contributed by atoms with E-state index in [1.54, 1.807) is 42.5 Å². The second kappa shape index (κ2) is 9.98. The molecule has 0 atom stereocenters. The van der Waals surface area contributed by atoms with Crippen molar-refractivity contribution in [3.8, 4) is 0 Å². The molecule has 12 heteroatoms. The summed E-state index contributed by atoms with van der Waals surface area (Å²) in [7, 11) is 0. The third-order valence-corrected chi connectivity index (χ3v) is 3.87. The molecule has 0 radical (unpaired) electrons. The summed E-state index contributed by atoms with van der Waals surface area (Å²) in [5.74, 6) is -0.901. The summed E-state index contributed by atoms with van der Waals surface area (Å²) in [5, 5.41) is 19.7. The molecule has 0 aliphatic heterocycles. The molecule has 3 aromatic rings. The van der Waals surface area contributed by atoms with Crippen LogP contribution in [0.1, 0.15) is 17.3 Å². The van der Waals surface area contributed by atoms with Crippen molar-refractivity contribution in [3.63, 3.8) is 0 Å². The summed E-state index contributed by atoms with van der Waals surface area (Å²) in [5.41, 5.74) is 6.63. The zero-order valence-electron chi connectivity index (χ0n) is 16.2. The minimum atomic E-state index is -0.688. The van der Waals surface area contributed by atoms with Crippen LogP contribution in [0.15, 0.2) is 54.7 Å². The summed E-state index contributed by atoms with van der Waals surface area (Å²) >= 11 is 0. The Labute approximate surface area is 182 Å². The number of carbonyl (C=O) groups is 2. The first-order chi connectivity index (χ1) is 14.3. The number of rotatable bonds is 7. The van der Waals surface area contributed by atoms with Gasteiger partial charge in [-0.15, -0.1) is 12.4 Å². The average molecular weight is 444 g/mol. The van der Waals surface area contributed by atoms with Gasteiger partial charge in [0.1, 0.15) is 6.20 Å². The lowest BCUT2D eigenvalue weighted by Crippen LogP contribution is -2.14. The van der Waals surface area contributed by atoms with Gasteiger partial charge in [0.15, 0.2) is 0 Å². The SMILES string of the molecule is CC(=O)Nc1ccc(Nc2ncc([N+](=O)[O-])c(Nc3ccccc3C(N)=O)n2)cc1.Cl. The standard InChI is InChI=1S/C19H17N7O4.ClH/c1-11(27)22-12-6-8-13(9-7-12)23-19-21-10-16(26(29)30)18(25-19)24-15-5-3-2-4-14(15)17(20)28;/h2-10H,1H3,(H2,20,28)(H,22,27)(H2,21,23,24,25);1H. The van der Waals surface area contributed by atoms with Gasteiger partial charge in [-0.25, -0.2) is 4.98 Å². The first kappa shape index (κ1) is 23.0. The lowest BCUT2D eigenvalue weighted by Gasteiger charge is -2.11. The van der Waals surface area contributed by atoms with Crippen LogP contribution in [-0.2, 0) is 4.79 Å². The second-order valence-electron chi connectivity index (χ2n) is 6.10. The molecule has 0 unspecified atom stereocenters. The highest BCUT2D eigenvalue weighted by molar-refractivity contribution is 5.99. The molecule has 2 amide bonds. The van der Waals surface area contributed by atoms with Gasteiger partial charge in [0.05, 0.1) is 16.2 Å². The Morgan fingerprint density at radius 2 is 1.68 bits per heavy atom. The molecule has 0 saturated heterocycles. The zero-order valence-corrected chi connectivity index (χ0v) is 17.0. The van der Waals surface area contributed by atoms with Crippen molar-refractivity contribution in [3.05, 3.63) is 70.4 Å². The molecule has 31 heavy (non-hydrogen) atoms. The van der Waals surface area contributed by atoms with Crippen LogP contribution in [0.3, 0.4) is 0 Å². The number of carbonyl (C=O) groups excluding carboxylic acids is 2. The molecule has 2 aromatic carbocycles. The summed E-state index contributed by atoms with van der Waals surface area (Å²) in [6, 6.07) is 13.0. The lowest BCUT2D eigenvalue weighted by molar-refractivity contribution is -0.384. The number of nitrogens with zero attached hydrogens (tertiary/aromatic N) is 3. The molecular formula is C19H18ClN7O4. The van der Waals surface area contributed by atoms with Crippen LogP contribution in [0.25, 0.3) is 0 Å². The van der Waals surface area contributed by atoms with Crippen molar-refractivity contribution >= 4 is 58.7 Å². The van der Waals surface area contributed by atoms with Crippen molar-refractivity contribution in [1.82, 2.24) is 9.97 Å². The van der Waals surface area contributed by atoms with Gasteiger partial charge in [-0.3, -0.25) is 19.7 Å². The number of aromatic nitrogens is 2. The molecule has 5 N–H and O–H groups in total. The maximum absolute atomic E-state index is 11.6. The largest absolute Gasteiger partial charge is 0.366 e. The summed E-state index contributed by atoms with van der Waals surface area (Å²) in [6.45, 7) is 1.40. The number of para-hydroxylation sites is 1. The number of amides is 2. The van der Waals surface area contributed by atoms with E-state index in [-0.39, 0.29) is 47.0 Å². The Balaban J connectivity index is 0.00000341. The third-order valence-electron chi connectivity index (χ3n) is 3.87. The van der Waals surface area contributed by atoms with E-state index in [9.17, 15) is 19.7 Å². The van der Waals surface area contributed by atoms with Gasteiger partial charge in [-0.2, -0.15) is 4.98 Å². The average Bonchev–Trinajstić information content (AvgIpc) is 2.69. The van der Waals surface area contributed by atoms with Gasteiger partial charge >= 0.3 is 5.69 Å². The van der Waals surface area contributed by atoms with Crippen molar-refractivity contribution in [1.29, 1.82) is 0 Å². The maximum Gasteiger partial charge on any atom is 0.329 e. The minimum Gasteiger partial charge on any atom is -0.366 e. The van der Waals surface area contributed by atoms with Crippen LogP contribution in [0.2, 0.25) is 0 Å². The highest BCUT2D eigenvalue weighted by Crippen LogP contribution is 2.28. The first-order valence-electron chi connectivity index (χ1n) is 8.65. The van der Waals surface area contributed by atoms with E-state index in [2.05, 4.69) is 25.9 Å². The van der Waals surface area contributed by atoms with E-state index < -0.39 is 10.8 Å². The van der Waals surface area contributed by atoms with Gasteiger partial charge in [0, 0.05) is 18.3 Å². The number of nitro groups is 1. The molecule has 0 aliphatic rings. The minimum absolute atomic E-state index is 0. The number of benzene rings is 2. The zero-order chi connectivity index (χ0) is 21.7. The number of anilines is 5. The number of nitrogens with one attached hydrogen (secondary N) is 3. The van der Waals surface area contributed by atoms with E-state index in [1.807, 2.05) is 0 Å². The van der Waals surface area contributed by atoms with Crippen molar-refractivity contribution in [2.45, 2.75) is 6.92 Å². The van der Waals surface area contributed by atoms with Gasteiger partial charge in [0.25, 0.3) is 5.91 Å². The molecule has 160 valence electrons. The Morgan fingerprint density at radius 3 is 2.29 bits per heavy atom. The second-order valence-corrected chi connectivity index (χ2v) is 6.10. The van der Waals surface area contributed by atoms with Gasteiger partial charge < -0.3 is 21.7 Å². The van der Waals surface area contributed by atoms with Crippen molar-refractivity contribution < 1.29 is 14.5 Å². The molecule has 11 nitrogen and oxygen atoms in total. The number of halogens is 1. The van der Waals surface area contributed by atoms with Crippen LogP contribution >= 0.6 is 12.4 Å². The highest BCUT2D eigenvalue weighted by Gasteiger charge is 2.19. The molecule has 1 heterocycles. The molecule has 0 fully saturated rings. The van der Waals surface area contributed by atoms with E-state index in [0.717, 1.165) is 6.20 Å². The summed E-state index contributed by atoms with van der Waals surface area (Å²) in [4.78, 5) is 41.5. The molecular weight excluding hydrogens is 426 g/mol. The molecule has 0 spiro atoms. The monoisotopic (exact) mass is 443 g/mol. The van der Waals surface area contributed by atoms with E-state index in [0.29, 0.717) is 11.4 Å². The fourth-order valence-electron chi connectivity index (χ4n) is 2.57. The van der Waals surface area contributed by atoms with Crippen LogP contribution in [0.4, 0.5) is 34.5 Å². The van der Waals surface area contributed by atoms with Gasteiger partial charge in [0.2, 0.25) is 17.7 Å². The van der Waals surface area contributed by atoms with Crippen molar-refractivity contribution in [2.24, 2.45) is 5.73 Å². The first-order valence-corrected chi connectivity index (χ1v) is 8.65. The Kier molecular flexibility index (Phi) is 7.42. The van der Waals surface area contributed by atoms with Crippen LogP contribution in [-0.4, -0.2) is 26.7 Å².